The van der Waals surface area contributed by atoms with E-state index in [4.69, 9.17) is 0 Å². The second-order valence-corrected chi connectivity index (χ2v) is 7.00. The van der Waals surface area contributed by atoms with Gasteiger partial charge in [-0.3, -0.25) is 4.79 Å². The molecule has 0 saturated heterocycles. The monoisotopic (exact) mass is 377 g/mol. The molecule has 0 aliphatic heterocycles. The molecule has 0 radical (unpaired) electrons. The molecule has 0 fully saturated rings. The maximum absolute atomic E-state index is 13.6. The number of nitrogens with one attached hydrogen (secondary N) is 1. The third kappa shape index (κ3) is 3.52. The molecule has 0 atom stereocenters. The number of hydrogen-bond donors (Lipinski definition) is 1. The smallest absolute Gasteiger partial charge is 0.274 e. The van der Waals surface area contributed by atoms with Crippen molar-refractivity contribution >= 4 is 22.9 Å². The van der Waals surface area contributed by atoms with Crippen LogP contribution in [0.15, 0.2) is 72.1 Å². The fourth-order valence-corrected chi connectivity index (χ4v) is 3.45. The molecule has 0 aliphatic rings. The van der Waals surface area contributed by atoms with E-state index in [-0.39, 0.29) is 5.91 Å². The lowest BCUT2D eigenvalue weighted by Crippen LogP contribution is -2.17. The molecule has 1 N–H and O–H groups in total. The first-order chi connectivity index (χ1) is 13.1. The van der Waals surface area contributed by atoms with Gasteiger partial charge in [-0.2, -0.15) is 5.10 Å². The zero-order valence-electron chi connectivity index (χ0n) is 14.5. The summed E-state index contributed by atoms with van der Waals surface area (Å²) < 4.78 is 15.2. The van der Waals surface area contributed by atoms with Crippen LogP contribution in [0.1, 0.15) is 16.1 Å². The minimum Gasteiger partial charge on any atom is -0.320 e. The van der Waals surface area contributed by atoms with Gasteiger partial charge in [-0.1, -0.05) is 30.3 Å². The van der Waals surface area contributed by atoms with E-state index in [1.165, 1.54) is 12.1 Å². The van der Waals surface area contributed by atoms with Gasteiger partial charge in [0.05, 0.1) is 10.6 Å². The number of para-hydroxylation sites is 1. The number of thiophene rings is 1. The molecule has 0 unspecified atom stereocenters. The molecular weight excluding hydrogens is 361 g/mol. The predicted octanol–water partition coefficient (Wildman–Crippen LogP) is 5.30. The second kappa shape index (κ2) is 7.17. The van der Waals surface area contributed by atoms with E-state index in [1.54, 1.807) is 28.2 Å². The number of benzene rings is 2. The standard InChI is InChI=1S/C21H16FN3OS/c1-14-9-10-15(22)12-17(14)23-21(26)19-13-18(20-8-5-11-27-20)24-25(19)16-6-3-2-4-7-16/h2-13H,1H3,(H,23,26). The molecule has 6 heteroatoms. The van der Waals surface area contributed by atoms with Gasteiger partial charge in [0.2, 0.25) is 0 Å². The molecule has 0 bridgehead atoms. The Kier molecular flexibility index (Phi) is 4.56. The lowest BCUT2D eigenvalue weighted by Gasteiger charge is -2.10. The SMILES string of the molecule is Cc1ccc(F)cc1NC(=O)c1cc(-c2cccs2)nn1-c1ccccc1. The summed E-state index contributed by atoms with van der Waals surface area (Å²) in [7, 11) is 0. The molecule has 2 heterocycles. The van der Waals surface area contributed by atoms with Crippen molar-refractivity contribution in [2.24, 2.45) is 0 Å². The van der Waals surface area contributed by atoms with Crippen LogP contribution in [0, 0.1) is 12.7 Å². The summed E-state index contributed by atoms with van der Waals surface area (Å²) in [6.45, 7) is 1.82. The number of anilines is 1. The zero-order valence-corrected chi connectivity index (χ0v) is 15.3. The molecule has 4 aromatic rings. The van der Waals surface area contributed by atoms with Gasteiger partial charge in [0.1, 0.15) is 17.2 Å². The van der Waals surface area contributed by atoms with Gasteiger partial charge < -0.3 is 5.32 Å². The van der Waals surface area contributed by atoms with Crippen molar-refractivity contribution in [3.8, 4) is 16.3 Å². The van der Waals surface area contributed by atoms with E-state index >= 15 is 0 Å². The number of aromatic nitrogens is 2. The average molecular weight is 377 g/mol. The van der Waals surface area contributed by atoms with Crippen molar-refractivity contribution in [1.29, 1.82) is 0 Å². The highest BCUT2D eigenvalue weighted by Gasteiger charge is 2.19. The summed E-state index contributed by atoms with van der Waals surface area (Å²) in [5, 5.41) is 9.38. The number of amides is 1. The van der Waals surface area contributed by atoms with E-state index in [0.29, 0.717) is 11.4 Å². The quantitative estimate of drug-likeness (QED) is 0.524. The van der Waals surface area contributed by atoms with Crippen molar-refractivity contribution in [2.75, 3.05) is 5.32 Å². The van der Waals surface area contributed by atoms with Crippen molar-refractivity contribution < 1.29 is 9.18 Å². The van der Waals surface area contributed by atoms with Gasteiger partial charge in [-0.05, 0) is 54.3 Å². The van der Waals surface area contributed by atoms with E-state index in [0.717, 1.165) is 21.8 Å². The van der Waals surface area contributed by atoms with Gasteiger partial charge in [0, 0.05) is 5.69 Å². The van der Waals surface area contributed by atoms with Gasteiger partial charge >= 0.3 is 0 Å². The Morgan fingerprint density at radius 1 is 1.07 bits per heavy atom. The molecule has 0 aliphatic carbocycles. The Bertz CT molecular complexity index is 1090. The number of carbonyl (C=O) groups is 1. The Labute approximate surface area is 159 Å². The molecular formula is C21H16FN3OS. The van der Waals surface area contributed by atoms with Gasteiger partial charge in [-0.15, -0.1) is 11.3 Å². The molecule has 27 heavy (non-hydrogen) atoms. The van der Waals surface area contributed by atoms with Gasteiger partial charge in [0.25, 0.3) is 5.91 Å². The lowest BCUT2D eigenvalue weighted by molar-refractivity contribution is 0.101. The van der Waals surface area contributed by atoms with Gasteiger partial charge in [0.15, 0.2) is 0 Å². The maximum Gasteiger partial charge on any atom is 0.274 e. The fourth-order valence-electron chi connectivity index (χ4n) is 2.77. The van der Waals surface area contributed by atoms with Crippen LogP contribution in [0.4, 0.5) is 10.1 Å². The topological polar surface area (TPSA) is 46.9 Å². The van der Waals surface area contributed by atoms with Gasteiger partial charge in [-0.25, -0.2) is 9.07 Å². The number of rotatable bonds is 4. The number of carbonyl (C=O) groups excluding carboxylic acids is 1. The molecule has 134 valence electrons. The van der Waals surface area contributed by atoms with Crippen molar-refractivity contribution in [3.63, 3.8) is 0 Å². The van der Waals surface area contributed by atoms with E-state index in [9.17, 15) is 9.18 Å². The Morgan fingerprint density at radius 2 is 1.89 bits per heavy atom. The fraction of sp³-hybridized carbons (Fsp3) is 0.0476. The van der Waals surface area contributed by atoms with Crippen LogP contribution >= 0.6 is 11.3 Å². The average Bonchev–Trinajstić information content (AvgIpc) is 3.35. The van der Waals surface area contributed by atoms with E-state index in [2.05, 4.69) is 10.4 Å². The molecule has 1 amide bonds. The van der Waals surface area contributed by atoms with Crippen molar-refractivity contribution in [3.05, 3.63) is 89.2 Å². The highest BCUT2D eigenvalue weighted by molar-refractivity contribution is 7.13. The van der Waals surface area contributed by atoms with Crippen LogP contribution in [0.5, 0.6) is 0 Å². The minimum atomic E-state index is -0.397. The number of nitrogens with zero attached hydrogens (tertiary/aromatic N) is 2. The first-order valence-electron chi connectivity index (χ1n) is 8.39. The highest BCUT2D eigenvalue weighted by atomic mass is 32.1. The molecule has 4 rings (SSSR count). The first kappa shape index (κ1) is 17.2. The van der Waals surface area contributed by atoms with Crippen LogP contribution in [-0.2, 0) is 0 Å². The largest absolute Gasteiger partial charge is 0.320 e. The molecule has 2 aromatic carbocycles. The van der Waals surface area contributed by atoms with Crippen molar-refractivity contribution in [2.45, 2.75) is 6.92 Å². The van der Waals surface area contributed by atoms with E-state index in [1.807, 2.05) is 54.8 Å². The molecule has 2 aromatic heterocycles. The van der Waals surface area contributed by atoms with E-state index < -0.39 is 5.82 Å². The lowest BCUT2D eigenvalue weighted by atomic mass is 10.2. The number of aryl methyl sites for hydroxylation is 1. The Morgan fingerprint density at radius 3 is 2.63 bits per heavy atom. The number of halogens is 1. The van der Waals surface area contributed by atoms with Crippen LogP contribution < -0.4 is 5.32 Å². The van der Waals surface area contributed by atoms with Crippen LogP contribution in [0.3, 0.4) is 0 Å². The summed E-state index contributed by atoms with van der Waals surface area (Å²) in [6, 6.07) is 19.4. The van der Waals surface area contributed by atoms with Crippen LogP contribution in [0.2, 0.25) is 0 Å². The third-order valence-electron chi connectivity index (χ3n) is 4.16. The first-order valence-corrected chi connectivity index (χ1v) is 9.26. The Balaban J connectivity index is 1.76. The molecule has 4 nitrogen and oxygen atoms in total. The highest BCUT2D eigenvalue weighted by Crippen LogP contribution is 2.26. The number of hydrogen-bond acceptors (Lipinski definition) is 3. The summed E-state index contributed by atoms with van der Waals surface area (Å²) in [5.74, 6) is -0.741. The van der Waals surface area contributed by atoms with Crippen LogP contribution in [0.25, 0.3) is 16.3 Å². The maximum atomic E-state index is 13.6. The normalized spacial score (nSPS) is 10.7. The van der Waals surface area contributed by atoms with Crippen molar-refractivity contribution in [1.82, 2.24) is 9.78 Å². The Hall–Kier alpha value is -3.25. The molecule has 0 spiro atoms. The summed E-state index contributed by atoms with van der Waals surface area (Å²) in [6.07, 6.45) is 0. The summed E-state index contributed by atoms with van der Waals surface area (Å²) in [5.41, 5.74) is 3.11. The summed E-state index contributed by atoms with van der Waals surface area (Å²) >= 11 is 1.56. The second-order valence-electron chi connectivity index (χ2n) is 6.05. The minimum absolute atomic E-state index is 0.345. The summed E-state index contributed by atoms with van der Waals surface area (Å²) in [4.78, 5) is 13.9. The zero-order chi connectivity index (χ0) is 18.8. The van der Waals surface area contributed by atoms with Crippen LogP contribution in [-0.4, -0.2) is 15.7 Å². The predicted molar refractivity (Wildman–Crippen MR) is 106 cm³/mol. The molecule has 0 saturated carbocycles. The third-order valence-corrected chi connectivity index (χ3v) is 5.06.